The van der Waals surface area contributed by atoms with Crippen molar-refractivity contribution >= 4 is 29.3 Å². The van der Waals surface area contributed by atoms with Crippen LogP contribution in [0.1, 0.15) is 35.2 Å². The molecule has 3 aliphatic heterocycles. The van der Waals surface area contributed by atoms with Gasteiger partial charge in [0.2, 0.25) is 5.91 Å². The molecule has 3 saturated heterocycles. The summed E-state index contributed by atoms with van der Waals surface area (Å²) in [7, 11) is 0. The first kappa shape index (κ1) is 16.9. The number of anilines is 1. The Morgan fingerprint density at radius 2 is 2.20 bits per heavy atom. The molecule has 0 aliphatic carbocycles. The van der Waals surface area contributed by atoms with Crippen LogP contribution in [0.2, 0.25) is 0 Å². The number of nitrogens with zero attached hydrogens (tertiary/aromatic N) is 2. The Bertz CT molecular complexity index is 691. The molecule has 1 aromatic carbocycles. The second kappa shape index (κ2) is 7.00. The predicted octanol–water partition coefficient (Wildman–Crippen LogP) is 2.47. The summed E-state index contributed by atoms with van der Waals surface area (Å²) in [5.74, 6) is 1.13. The van der Waals surface area contributed by atoms with Crippen molar-refractivity contribution in [2.45, 2.75) is 37.5 Å². The number of hydrogen-bond acceptors (Lipinski definition) is 4. The number of fused-ring (bicyclic) bond motifs is 1. The van der Waals surface area contributed by atoms with Crippen molar-refractivity contribution in [1.29, 1.82) is 0 Å². The van der Waals surface area contributed by atoms with E-state index in [-0.39, 0.29) is 17.9 Å². The summed E-state index contributed by atoms with van der Waals surface area (Å²) < 4.78 is 5.60. The molecule has 0 saturated carbocycles. The highest BCUT2D eigenvalue weighted by Gasteiger charge is 2.38. The van der Waals surface area contributed by atoms with Gasteiger partial charge in [0.1, 0.15) is 0 Å². The summed E-state index contributed by atoms with van der Waals surface area (Å²) in [5, 5.41) is 0.369. The zero-order valence-corrected chi connectivity index (χ0v) is 15.4. The van der Waals surface area contributed by atoms with E-state index in [1.54, 1.807) is 4.90 Å². The van der Waals surface area contributed by atoms with Crippen molar-refractivity contribution in [2.75, 3.05) is 37.0 Å². The van der Waals surface area contributed by atoms with E-state index in [2.05, 4.69) is 0 Å². The molecule has 4 rings (SSSR count). The number of carbonyl (C=O) groups is 2. The van der Waals surface area contributed by atoms with Gasteiger partial charge >= 0.3 is 0 Å². The van der Waals surface area contributed by atoms with E-state index in [0.717, 1.165) is 49.6 Å². The van der Waals surface area contributed by atoms with Crippen LogP contribution in [0.15, 0.2) is 18.2 Å². The number of hydrogen-bond donors (Lipinski definition) is 0. The maximum Gasteiger partial charge on any atom is 0.256 e. The fraction of sp³-hybridized carbons (Fsp3) is 0.579. The van der Waals surface area contributed by atoms with Gasteiger partial charge in [0, 0.05) is 43.2 Å². The number of carbonyl (C=O) groups excluding carboxylic acids is 2. The Morgan fingerprint density at radius 1 is 1.32 bits per heavy atom. The third-order valence-corrected chi connectivity index (χ3v) is 6.64. The van der Waals surface area contributed by atoms with Crippen LogP contribution in [0.4, 0.5) is 5.69 Å². The number of aryl methyl sites for hydroxylation is 1. The normalized spacial score (nSPS) is 26.7. The molecule has 3 aliphatic rings. The third-order valence-electron chi connectivity index (χ3n) is 5.34. The van der Waals surface area contributed by atoms with E-state index in [4.69, 9.17) is 4.74 Å². The van der Waals surface area contributed by atoms with Crippen LogP contribution in [0, 0.1) is 6.92 Å². The average molecular weight is 360 g/mol. The lowest BCUT2D eigenvalue weighted by molar-refractivity contribution is -0.117. The standard InChI is InChI=1S/C19H24N2O3S/c1-13-4-5-15(20-7-2-3-18(20)22)14(11-13)19(23)21-8-10-25-17-12-24-9-6-16(17)21/h4-5,11,16-17H,2-3,6-10,12H2,1H3. The van der Waals surface area contributed by atoms with Crippen molar-refractivity contribution in [3.05, 3.63) is 29.3 Å². The molecule has 1 aromatic rings. The first-order valence-electron chi connectivity index (χ1n) is 9.06. The van der Waals surface area contributed by atoms with Crippen molar-refractivity contribution in [3.63, 3.8) is 0 Å². The van der Waals surface area contributed by atoms with Crippen LogP contribution in [-0.2, 0) is 9.53 Å². The van der Waals surface area contributed by atoms with Gasteiger partial charge in [-0.15, -0.1) is 0 Å². The van der Waals surface area contributed by atoms with Gasteiger partial charge in [-0.1, -0.05) is 11.6 Å². The van der Waals surface area contributed by atoms with Gasteiger partial charge in [0.15, 0.2) is 0 Å². The van der Waals surface area contributed by atoms with Gasteiger partial charge in [0.05, 0.1) is 17.9 Å². The number of ether oxygens (including phenoxy) is 1. The van der Waals surface area contributed by atoms with Crippen molar-refractivity contribution in [1.82, 2.24) is 4.90 Å². The number of amides is 2. The maximum atomic E-state index is 13.4. The van der Waals surface area contributed by atoms with E-state index in [0.29, 0.717) is 23.8 Å². The highest BCUT2D eigenvalue weighted by molar-refractivity contribution is 8.00. The second-order valence-corrected chi connectivity index (χ2v) is 8.36. The summed E-state index contributed by atoms with van der Waals surface area (Å²) in [6.45, 7) is 4.92. The van der Waals surface area contributed by atoms with E-state index >= 15 is 0 Å². The first-order chi connectivity index (χ1) is 12.1. The zero-order chi connectivity index (χ0) is 17.4. The number of rotatable bonds is 2. The summed E-state index contributed by atoms with van der Waals surface area (Å²) in [5.41, 5.74) is 2.50. The van der Waals surface area contributed by atoms with E-state index in [1.165, 1.54) is 0 Å². The Hall–Kier alpha value is -1.53. The van der Waals surface area contributed by atoms with Gasteiger partial charge in [-0.25, -0.2) is 0 Å². The van der Waals surface area contributed by atoms with Crippen LogP contribution >= 0.6 is 11.8 Å². The Labute approximate surface area is 152 Å². The first-order valence-corrected chi connectivity index (χ1v) is 10.1. The lowest BCUT2D eigenvalue weighted by Gasteiger charge is -2.43. The zero-order valence-electron chi connectivity index (χ0n) is 14.6. The van der Waals surface area contributed by atoms with Crippen LogP contribution in [0.5, 0.6) is 0 Å². The fourth-order valence-electron chi connectivity index (χ4n) is 4.05. The molecule has 2 atom stereocenters. The third kappa shape index (κ3) is 3.17. The van der Waals surface area contributed by atoms with Crippen LogP contribution in [-0.4, -0.2) is 60.1 Å². The minimum absolute atomic E-state index is 0.0654. The maximum absolute atomic E-state index is 13.4. The smallest absolute Gasteiger partial charge is 0.256 e. The summed E-state index contributed by atoms with van der Waals surface area (Å²) >= 11 is 1.91. The molecule has 0 bridgehead atoms. The molecule has 5 nitrogen and oxygen atoms in total. The Morgan fingerprint density at radius 3 is 3.00 bits per heavy atom. The minimum Gasteiger partial charge on any atom is -0.380 e. The van der Waals surface area contributed by atoms with E-state index in [9.17, 15) is 9.59 Å². The summed E-state index contributed by atoms with van der Waals surface area (Å²) in [6.07, 6.45) is 2.33. The van der Waals surface area contributed by atoms with Gasteiger partial charge in [0.25, 0.3) is 5.91 Å². The van der Waals surface area contributed by atoms with Crippen molar-refractivity contribution < 1.29 is 14.3 Å². The molecule has 3 heterocycles. The predicted molar refractivity (Wildman–Crippen MR) is 99.3 cm³/mol. The molecule has 134 valence electrons. The second-order valence-electron chi connectivity index (χ2n) is 7.01. The molecular formula is C19H24N2O3S. The molecular weight excluding hydrogens is 336 g/mol. The quantitative estimate of drug-likeness (QED) is 0.813. The van der Waals surface area contributed by atoms with E-state index in [1.807, 2.05) is 41.8 Å². The van der Waals surface area contributed by atoms with Crippen LogP contribution in [0.3, 0.4) is 0 Å². The number of thioether (sulfide) groups is 1. The topological polar surface area (TPSA) is 49.9 Å². The monoisotopic (exact) mass is 360 g/mol. The van der Waals surface area contributed by atoms with Gasteiger partial charge in [-0.05, 0) is 31.9 Å². The van der Waals surface area contributed by atoms with Gasteiger partial charge in [-0.2, -0.15) is 11.8 Å². The SMILES string of the molecule is Cc1ccc(N2CCCC2=O)c(C(=O)N2CCSC3COCCC32)c1. The molecule has 0 radical (unpaired) electrons. The molecule has 0 aromatic heterocycles. The van der Waals surface area contributed by atoms with Crippen molar-refractivity contribution in [2.24, 2.45) is 0 Å². The summed E-state index contributed by atoms with van der Waals surface area (Å²) in [6, 6.07) is 6.11. The minimum atomic E-state index is 0.0654. The van der Waals surface area contributed by atoms with Gasteiger partial charge < -0.3 is 14.5 Å². The molecule has 6 heteroatoms. The largest absolute Gasteiger partial charge is 0.380 e. The summed E-state index contributed by atoms with van der Waals surface area (Å²) in [4.78, 5) is 29.5. The Kier molecular flexibility index (Phi) is 4.73. The molecule has 2 unspecified atom stereocenters. The van der Waals surface area contributed by atoms with Crippen LogP contribution in [0.25, 0.3) is 0 Å². The highest BCUT2D eigenvalue weighted by Crippen LogP contribution is 2.34. The van der Waals surface area contributed by atoms with Crippen molar-refractivity contribution in [3.8, 4) is 0 Å². The number of benzene rings is 1. The molecule has 2 amide bonds. The highest BCUT2D eigenvalue weighted by atomic mass is 32.2. The molecule has 3 fully saturated rings. The molecule has 25 heavy (non-hydrogen) atoms. The molecule has 0 N–H and O–H groups in total. The Balaban J connectivity index is 1.67. The van der Waals surface area contributed by atoms with Gasteiger partial charge in [-0.3, -0.25) is 9.59 Å². The average Bonchev–Trinajstić information content (AvgIpc) is 3.06. The lowest BCUT2D eigenvalue weighted by Crippen LogP contribution is -2.54. The molecule has 0 spiro atoms. The lowest BCUT2D eigenvalue weighted by atomic mass is 10.0. The fourth-order valence-corrected chi connectivity index (χ4v) is 5.35. The van der Waals surface area contributed by atoms with Crippen LogP contribution < -0.4 is 4.90 Å². The van der Waals surface area contributed by atoms with E-state index < -0.39 is 0 Å².